The number of amides is 2. The molecule has 1 atom stereocenters. The minimum atomic E-state index is -0.505. The number of nitro benzene ring substituents is 1. The minimum absolute atomic E-state index is 0.0832. The second kappa shape index (κ2) is 9.65. The van der Waals surface area contributed by atoms with Crippen LogP contribution in [0.15, 0.2) is 78.9 Å². The standard InChI is InChI=1S/C24H21N3O4S/c28-22-16-32-24(26(22)14-13-17-5-2-1-3-6-17)19-11-9-18(10-12-19)23(29)25-20-7-4-8-21(15-20)27(30)31/h1-12,15,24H,13-14,16H2,(H,25,29)/t24-/m1/s1. The third-order valence-electron chi connectivity index (χ3n) is 5.23. The van der Waals surface area contributed by atoms with E-state index in [9.17, 15) is 19.7 Å². The number of hydrogen-bond acceptors (Lipinski definition) is 5. The van der Waals surface area contributed by atoms with Crippen molar-refractivity contribution < 1.29 is 14.5 Å². The fraction of sp³-hybridized carbons (Fsp3) is 0.167. The quantitative estimate of drug-likeness (QED) is 0.420. The Bertz CT molecular complexity index is 1140. The Balaban J connectivity index is 1.43. The predicted octanol–water partition coefficient (Wildman–Crippen LogP) is 4.66. The zero-order valence-electron chi connectivity index (χ0n) is 17.1. The molecule has 7 nitrogen and oxygen atoms in total. The van der Waals surface area contributed by atoms with Crippen LogP contribution in [-0.2, 0) is 11.2 Å². The van der Waals surface area contributed by atoms with Crippen LogP contribution in [0.2, 0.25) is 0 Å². The lowest BCUT2D eigenvalue weighted by Gasteiger charge is -2.24. The van der Waals surface area contributed by atoms with Crippen LogP contribution in [0, 0.1) is 10.1 Å². The van der Waals surface area contributed by atoms with Gasteiger partial charge in [-0.2, -0.15) is 0 Å². The van der Waals surface area contributed by atoms with Gasteiger partial charge in [0, 0.05) is 29.9 Å². The van der Waals surface area contributed by atoms with Crippen LogP contribution in [0.1, 0.15) is 26.9 Å². The second-order valence-corrected chi connectivity index (χ2v) is 8.44. The smallest absolute Gasteiger partial charge is 0.271 e. The fourth-order valence-electron chi connectivity index (χ4n) is 3.57. The van der Waals surface area contributed by atoms with Gasteiger partial charge in [0.25, 0.3) is 11.6 Å². The summed E-state index contributed by atoms with van der Waals surface area (Å²) in [5.41, 5.74) is 2.85. The molecule has 1 saturated heterocycles. The highest BCUT2D eigenvalue weighted by Crippen LogP contribution is 2.38. The van der Waals surface area contributed by atoms with E-state index in [1.807, 2.05) is 35.2 Å². The summed E-state index contributed by atoms with van der Waals surface area (Å²) in [6.45, 7) is 0.634. The molecule has 3 aromatic rings. The summed E-state index contributed by atoms with van der Waals surface area (Å²) in [4.78, 5) is 37.3. The van der Waals surface area contributed by atoms with E-state index in [1.165, 1.54) is 23.8 Å². The van der Waals surface area contributed by atoms with E-state index in [0.717, 1.165) is 12.0 Å². The molecule has 0 aliphatic carbocycles. The van der Waals surface area contributed by atoms with Crippen molar-refractivity contribution in [2.45, 2.75) is 11.8 Å². The molecule has 0 aromatic heterocycles. The average molecular weight is 448 g/mol. The van der Waals surface area contributed by atoms with Crippen molar-refractivity contribution in [1.29, 1.82) is 0 Å². The number of carbonyl (C=O) groups excluding carboxylic acids is 2. The van der Waals surface area contributed by atoms with Crippen molar-refractivity contribution in [3.05, 3.63) is 106 Å². The lowest BCUT2D eigenvalue weighted by Crippen LogP contribution is -2.30. The normalized spacial score (nSPS) is 15.6. The number of nitrogens with zero attached hydrogens (tertiary/aromatic N) is 2. The second-order valence-electron chi connectivity index (χ2n) is 7.37. The Hall–Kier alpha value is -3.65. The Morgan fingerprint density at radius 2 is 1.81 bits per heavy atom. The van der Waals surface area contributed by atoms with Crippen LogP contribution in [-0.4, -0.2) is 33.9 Å². The third-order valence-corrected chi connectivity index (χ3v) is 6.48. The Morgan fingerprint density at radius 1 is 1.06 bits per heavy atom. The van der Waals surface area contributed by atoms with Crippen molar-refractivity contribution in [2.75, 3.05) is 17.6 Å². The van der Waals surface area contributed by atoms with Gasteiger partial charge in [-0.1, -0.05) is 48.5 Å². The predicted molar refractivity (Wildman–Crippen MR) is 125 cm³/mol. The zero-order valence-corrected chi connectivity index (χ0v) is 18.0. The molecule has 1 aliphatic rings. The molecule has 0 bridgehead atoms. The van der Waals surface area contributed by atoms with E-state index in [1.54, 1.807) is 30.0 Å². The molecule has 2 amide bonds. The third kappa shape index (κ3) is 4.97. The SMILES string of the molecule is O=C(Nc1cccc([N+](=O)[O-])c1)c1ccc([C@H]2SCC(=O)N2CCc2ccccc2)cc1. The van der Waals surface area contributed by atoms with Gasteiger partial charge in [0.05, 0.1) is 10.7 Å². The number of hydrogen-bond donors (Lipinski definition) is 1. The van der Waals surface area contributed by atoms with E-state index >= 15 is 0 Å². The van der Waals surface area contributed by atoms with Crippen LogP contribution in [0.3, 0.4) is 0 Å². The van der Waals surface area contributed by atoms with E-state index in [0.29, 0.717) is 23.5 Å². The van der Waals surface area contributed by atoms with Crippen LogP contribution < -0.4 is 5.32 Å². The van der Waals surface area contributed by atoms with Gasteiger partial charge < -0.3 is 10.2 Å². The molecule has 3 aromatic carbocycles. The highest BCUT2D eigenvalue weighted by Gasteiger charge is 2.32. The average Bonchev–Trinajstić information content (AvgIpc) is 3.19. The summed E-state index contributed by atoms with van der Waals surface area (Å²) in [5, 5.41) is 13.5. The maximum absolute atomic E-state index is 12.6. The van der Waals surface area contributed by atoms with E-state index in [-0.39, 0.29) is 22.9 Å². The van der Waals surface area contributed by atoms with Gasteiger partial charge in [0.2, 0.25) is 5.91 Å². The fourth-order valence-corrected chi connectivity index (χ4v) is 4.78. The maximum Gasteiger partial charge on any atom is 0.271 e. The largest absolute Gasteiger partial charge is 0.326 e. The maximum atomic E-state index is 12.6. The highest BCUT2D eigenvalue weighted by atomic mass is 32.2. The number of carbonyl (C=O) groups is 2. The molecule has 162 valence electrons. The van der Waals surface area contributed by atoms with Crippen LogP contribution in [0.4, 0.5) is 11.4 Å². The Kier molecular flexibility index (Phi) is 6.51. The van der Waals surface area contributed by atoms with Crippen LogP contribution >= 0.6 is 11.8 Å². The molecular formula is C24H21N3O4S. The number of non-ortho nitro benzene ring substituents is 1. The van der Waals surface area contributed by atoms with Gasteiger partial charge in [-0.05, 0) is 35.7 Å². The molecule has 0 spiro atoms. The molecule has 4 rings (SSSR count). The number of anilines is 1. The molecule has 8 heteroatoms. The van der Waals surface area contributed by atoms with Crippen molar-refractivity contribution >= 4 is 35.0 Å². The van der Waals surface area contributed by atoms with E-state index in [2.05, 4.69) is 17.4 Å². The molecule has 0 saturated carbocycles. The number of nitro groups is 1. The first-order valence-electron chi connectivity index (χ1n) is 10.1. The lowest BCUT2D eigenvalue weighted by molar-refractivity contribution is -0.384. The first-order chi connectivity index (χ1) is 15.5. The molecule has 32 heavy (non-hydrogen) atoms. The summed E-state index contributed by atoms with van der Waals surface area (Å²) in [5.74, 6) is 0.200. The topological polar surface area (TPSA) is 92.5 Å². The summed E-state index contributed by atoms with van der Waals surface area (Å²) in [7, 11) is 0. The molecule has 0 radical (unpaired) electrons. The van der Waals surface area contributed by atoms with Gasteiger partial charge in [0.1, 0.15) is 5.37 Å². The first-order valence-corrected chi connectivity index (χ1v) is 11.2. The number of thioether (sulfide) groups is 1. The highest BCUT2D eigenvalue weighted by molar-refractivity contribution is 8.00. The monoisotopic (exact) mass is 447 g/mol. The zero-order chi connectivity index (χ0) is 22.5. The van der Waals surface area contributed by atoms with E-state index in [4.69, 9.17) is 0 Å². The molecule has 1 heterocycles. The Labute approximate surface area is 189 Å². The van der Waals surface area contributed by atoms with E-state index < -0.39 is 4.92 Å². The van der Waals surface area contributed by atoms with Crippen LogP contribution in [0.5, 0.6) is 0 Å². The Morgan fingerprint density at radius 3 is 2.53 bits per heavy atom. The van der Waals surface area contributed by atoms with Crippen molar-refractivity contribution in [1.82, 2.24) is 4.90 Å². The molecule has 1 aliphatic heterocycles. The number of rotatable bonds is 7. The molecule has 0 unspecified atom stereocenters. The van der Waals surface area contributed by atoms with Gasteiger partial charge in [-0.15, -0.1) is 11.8 Å². The summed E-state index contributed by atoms with van der Waals surface area (Å²) >= 11 is 1.58. The van der Waals surface area contributed by atoms with Gasteiger partial charge in [-0.25, -0.2) is 0 Å². The summed E-state index contributed by atoms with van der Waals surface area (Å²) in [6, 6.07) is 23.0. The first kappa shape index (κ1) is 21.6. The van der Waals surface area contributed by atoms with Crippen molar-refractivity contribution in [2.24, 2.45) is 0 Å². The number of nitrogens with one attached hydrogen (secondary N) is 1. The summed E-state index contributed by atoms with van der Waals surface area (Å²) in [6.07, 6.45) is 0.785. The van der Waals surface area contributed by atoms with Gasteiger partial charge >= 0.3 is 0 Å². The van der Waals surface area contributed by atoms with Crippen LogP contribution in [0.25, 0.3) is 0 Å². The lowest BCUT2D eigenvalue weighted by atomic mass is 10.1. The number of benzene rings is 3. The van der Waals surface area contributed by atoms with Gasteiger partial charge in [-0.3, -0.25) is 19.7 Å². The van der Waals surface area contributed by atoms with Crippen molar-refractivity contribution in [3.63, 3.8) is 0 Å². The van der Waals surface area contributed by atoms with Gasteiger partial charge in [0.15, 0.2) is 0 Å². The summed E-state index contributed by atoms with van der Waals surface area (Å²) < 4.78 is 0. The van der Waals surface area contributed by atoms with Crippen molar-refractivity contribution in [3.8, 4) is 0 Å². The molecule has 1 fully saturated rings. The minimum Gasteiger partial charge on any atom is -0.326 e. The molecular weight excluding hydrogens is 426 g/mol. The molecule has 1 N–H and O–H groups in total.